The van der Waals surface area contributed by atoms with Crippen LogP contribution in [0.25, 0.3) is 33.3 Å². The van der Waals surface area contributed by atoms with Crippen molar-refractivity contribution in [3.05, 3.63) is 98.8 Å². The number of rotatable bonds is 4. The third kappa shape index (κ3) is 3.52. The molecule has 0 bridgehead atoms. The van der Waals surface area contributed by atoms with Crippen LogP contribution in [0.15, 0.2) is 90.9 Å². The molecule has 5 rings (SSSR count). The zero-order chi connectivity index (χ0) is 22.2. The van der Waals surface area contributed by atoms with Gasteiger partial charge in [0.2, 0.25) is 0 Å². The molecule has 5 aromatic rings. The van der Waals surface area contributed by atoms with Gasteiger partial charge in [-0.3, -0.25) is 4.79 Å². The number of fused-ring (bicyclic) bond motifs is 2. The Morgan fingerprint density at radius 1 is 0.906 bits per heavy atom. The predicted molar refractivity (Wildman–Crippen MR) is 129 cm³/mol. The highest BCUT2D eigenvalue weighted by molar-refractivity contribution is 9.10. The predicted octanol–water partition coefficient (Wildman–Crippen LogP) is 6.78. The summed E-state index contributed by atoms with van der Waals surface area (Å²) in [6.45, 7) is 2.06. The standard InChI is InChI=1S/C26H18BrNO4/c1-2-15-11-12-22-18(13-15)19(14-23(29)31-22)25-24(17-8-4-6-10-21(17)32-25)28-26(30)16-7-3-5-9-20(16)27/h3-14H,2H2,1H3,(H,28,30). The van der Waals surface area contributed by atoms with Gasteiger partial charge >= 0.3 is 5.63 Å². The van der Waals surface area contributed by atoms with Crippen molar-refractivity contribution in [1.29, 1.82) is 0 Å². The Labute approximate surface area is 191 Å². The van der Waals surface area contributed by atoms with Gasteiger partial charge in [0.1, 0.15) is 11.2 Å². The molecule has 1 N–H and O–H groups in total. The van der Waals surface area contributed by atoms with Crippen molar-refractivity contribution >= 4 is 49.5 Å². The average Bonchev–Trinajstić information content (AvgIpc) is 3.16. The summed E-state index contributed by atoms with van der Waals surface area (Å²) in [5.41, 5.74) is 3.27. The van der Waals surface area contributed by atoms with E-state index in [0.717, 1.165) is 22.8 Å². The largest absolute Gasteiger partial charge is 0.454 e. The number of halogens is 1. The first-order valence-corrected chi connectivity index (χ1v) is 11.0. The van der Waals surface area contributed by atoms with Gasteiger partial charge in [0.15, 0.2) is 5.76 Å². The van der Waals surface area contributed by atoms with E-state index in [9.17, 15) is 9.59 Å². The van der Waals surface area contributed by atoms with E-state index >= 15 is 0 Å². The number of nitrogens with one attached hydrogen (secondary N) is 1. The highest BCUT2D eigenvalue weighted by Crippen LogP contribution is 2.41. The molecule has 3 aromatic carbocycles. The molecule has 0 unspecified atom stereocenters. The SMILES string of the molecule is CCc1ccc2oc(=O)cc(-c3oc4ccccc4c3NC(=O)c3ccccc3Br)c2c1. The molecule has 5 nitrogen and oxygen atoms in total. The van der Waals surface area contributed by atoms with Crippen molar-refractivity contribution in [3.8, 4) is 11.3 Å². The van der Waals surface area contributed by atoms with Crippen molar-refractivity contribution in [1.82, 2.24) is 0 Å². The molecule has 2 aromatic heterocycles. The van der Waals surface area contributed by atoms with Gasteiger partial charge in [-0.25, -0.2) is 4.79 Å². The topological polar surface area (TPSA) is 72.5 Å². The number of furan rings is 1. The summed E-state index contributed by atoms with van der Waals surface area (Å²) in [6.07, 6.45) is 0.834. The number of aryl methyl sites for hydroxylation is 1. The number of hydrogen-bond donors (Lipinski definition) is 1. The number of carbonyl (C=O) groups excluding carboxylic acids is 1. The minimum atomic E-state index is -0.486. The molecule has 0 saturated carbocycles. The molecule has 0 radical (unpaired) electrons. The lowest BCUT2D eigenvalue weighted by Gasteiger charge is -2.10. The van der Waals surface area contributed by atoms with E-state index in [0.29, 0.717) is 38.2 Å². The van der Waals surface area contributed by atoms with Crippen molar-refractivity contribution in [2.45, 2.75) is 13.3 Å². The lowest BCUT2D eigenvalue weighted by Crippen LogP contribution is -2.13. The van der Waals surface area contributed by atoms with E-state index in [2.05, 4.69) is 28.2 Å². The summed E-state index contributed by atoms with van der Waals surface area (Å²) in [4.78, 5) is 25.5. The van der Waals surface area contributed by atoms with Gasteiger partial charge in [-0.2, -0.15) is 0 Å². The minimum absolute atomic E-state index is 0.285. The van der Waals surface area contributed by atoms with Crippen LogP contribution in [0.3, 0.4) is 0 Å². The molecule has 0 spiro atoms. The van der Waals surface area contributed by atoms with Crippen LogP contribution < -0.4 is 10.9 Å². The molecule has 0 saturated heterocycles. The van der Waals surface area contributed by atoms with Gasteiger partial charge in [0.25, 0.3) is 5.91 Å². The maximum absolute atomic E-state index is 13.1. The monoisotopic (exact) mass is 487 g/mol. The molecule has 158 valence electrons. The van der Waals surface area contributed by atoms with E-state index in [1.165, 1.54) is 6.07 Å². The lowest BCUT2D eigenvalue weighted by molar-refractivity contribution is 0.102. The first-order valence-electron chi connectivity index (χ1n) is 10.2. The molecule has 1 amide bonds. The van der Waals surface area contributed by atoms with Gasteiger partial charge in [-0.05, 0) is 64.3 Å². The highest BCUT2D eigenvalue weighted by Gasteiger charge is 2.22. The third-order valence-corrected chi connectivity index (χ3v) is 6.10. The van der Waals surface area contributed by atoms with Crippen LogP contribution in [0.5, 0.6) is 0 Å². The molecule has 32 heavy (non-hydrogen) atoms. The Bertz CT molecular complexity index is 1550. The molecule has 2 heterocycles. The molecule has 0 atom stereocenters. The Kier molecular flexibility index (Phi) is 5.15. The second-order valence-corrected chi connectivity index (χ2v) is 8.25. The van der Waals surface area contributed by atoms with Gasteiger partial charge in [-0.1, -0.05) is 37.3 Å². The first kappa shape index (κ1) is 20.3. The number of amides is 1. The summed E-state index contributed by atoms with van der Waals surface area (Å²) in [5.74, 6) is 0.129. The maximum Gasteiger partial charge on any atom is 0.336 e. The Morgan fingerprint density at radius 2 is 1.66 bits per heavy atom. The first-order chi connectivity index (χ1) is 15.5. The Morgan fingerprint density at radius 3 is 2.47 bits per heavy atom. The van der Waals surface area contributed by atoms with Crippen LogP contribution in [0.2, 0.25) is 0 Å². The minimum Gasteiger partial charge on any atom is -0.454 e. The van der Waals surface area contributed by atoms with Crippen LogP contribution >= 0.6 is 15.9 Å². The fourth-order valence-electron chi connectivity index (χ4n) is 3.80. The second-order valence-electron chi connectivity index (χ2n) is 7.40. The van der Waals surface area contributed by atoms with E-state index < -0.39 is 5.63 Å². The highest BCUT2D eigenvalue weighted by atomic mass is 79.9. The second kappa shape index (κ2) is 8.13. The quantitative estimate of drug-likeness (QED) is 0.283. The fraction of sp³-hybridized carbons (Fsp3) is 0.0769. The third-order valence-electron chi connectivity index (χ3n) is 5.41. The van der Waals surface area contributed by atoms with Crippen molar-refractivity contribution < 1.29 is 13.6 Å². The van der Waals surface area contributed by atoms with E-state index in [1.54, 1.807) is 18.2 Å². The van der Waals surface area contributed by atoms with Crippen molar-refractivity contribution in [2.75, 3.05) is 5.32 Å². The molecule has 0 aliphatic rings. The van der Waals surface area contributed by atoms with Crippen LogP contribution in [0.4, 0.5) is 5.69 Å². The molecular weight excluding hydrogens is 470 g/mol. The zero-order valence-electron chi connectivity index (χ0n) is 17.1. The average molecular weight is 488 g/mol. The summed E-state index contributed by atoms with van der Waals surface area (Å²) in [7, 11) is 0. The molecular formula is C26H18BrNO4. The van der Waals surface area contributed by atoms with Gasteiger partial charge in [-0.15, -0.1) is 0 Å². The maximum atomic E-state index is 13.1. The number of benzene rings is 3. The molecule has 0 aliphatic carbocycles. The van der Waals surface area contributed by atoms with E-state index in [1.807, 2.05) is 48.5 Å². The van der Waals surface area contributed by atoms with E-state index in [4.69, 9.17) is 8.83 Å². The normalized spacial score (nSPS) is 11.2. The lowest BCUT2D eigenvalue weighted by atomic mass is 10.0. The Balaban J connectivity index is 1.75. The number of anilines is 1. The van der Waals surface area contributed by atoms with Gasteiger partial charge in [0.05, 0.1) is 11.3 Å². The summed E-state index contributed by atoms with van der Waals surface area (Å²) in [6, 6.07) is 21.8. The smallest absolute Gasteiger partial charge is 0.336 e. The van der Waals surface area contributed by atoms with Crippen LogP contribution in [0, 0.1) is 0 Å². The van der Waals surface area contributed by atoms with Crippen molar-refractivity contribution in [3.63, 3.8) is 0 Å². The van der Waals surface area contributed by atoms with Crippen LogP contribution in [-0.2, 0) is 6.42 Å². The number of para-hydroxylation sites is 1. The zero-order valence-corrected chi connectivity index (χ0v) is 18.7. The number of hydrogen-bond acceptors (Lipinski definition) is 4. The summed E-state index contributed by atoms with van der Waals surface area (Å²) in [5, 5.41) is 4.50. The van der Waals surface area contributed by atoms with Crippen molar-refractivity contribution in [2.24, 2.45) is 0 Å². The summed E-state index contributed by atoms with van der Waals surface area (Å²) >= 11 is 3.43. The van der Waals surface area contributed by atoms with E-state index in [-0.39, 0.29) is 5.91 Å². The number of carbonyl (C=O) groups is 1. The van der Waals surface area contributed by atoms with Gasteiger partial charge < -0.3 is 14.2 Å². The summed E-state index contributed by atoms with van der Waals surface area (Å²) < 4.78 is 12.3. The van der Waals surface area contributed by atoms with Crippen LogP contribution in [0.1, 0.15) is 22.8 Å². The molecule has 0 aliphatic heterocycles. The molecule has 6 heteroatoms. The van der Waals surface area contributed by atoms with Crippen LogP contribution in [-0.4, -0.2) is 5.91 Å². The fourth-order valence-corrected chi connectivity index (χ4v) is 4.27. The Hall–Kier alpha value is -3.64. The molecule has 0 fully saturated rings. The van der Waals surface area contributed by atoms with Gasteiger partial charge in [0, 0.05) is 26.9 Å².